The van der Waals surface area contributed by atoms with Gasteiger partial charge in [-0.05, 0) is 0 Å². The van der Waals surface area contributed by atoms with Crippen molar-refractivity contribution in [2.75, 3.05) is 6.26 Å². The van der Waals surface area contributed by atoms with Crippen LogP contribution in [0.15, 0.2) is 4.40 Å². The Labute approximate surface area is 65.9 Å². The van der Waals surface area contributed by atoms with E-state index >= 15 is 0 Å². The predicted octanol–water partition coefficient (Wildman–Crippen LogP) is 1.15. The maximum Gasteiger partial charge on any atom is 0.445 e. The van der Waals surface area contributed by atoms with E-state index in [0.29, 0.717) is 6.26 Å². The summed E-state index contributed by atoms with van der Waals surface area (Å²) >= 11 is 4.49. The number of rotatable bonds is 1. The second kappa shape index (κ2) is 2.98. The number of sulfonamides is 1. The molecule has 0 fully saturated rings. The van der Waals surface area contributed by atoms with Crippen molar-refractivity contribution in [2.45, 2.75) is 6.18 Å². The van der Waals surface area contributed by atoms with E-state index in [1.165, 1.54) is 0 Å². The molecule has 0 spiro atoms. The lowest BCUT2D eigenvalue weighted by molar-refractivity contribution is -0.0557. The molecule has 3 nitrogen and oxygen atoms in total. The summed E-state index contributed by atoms with van der Waals surface area (Å²) in [6.07, 6.45) is -4.38. The molecule has 0 bridgehead atoms. The number of hydrogen-bond acceptors (Lipinski definition) is 2. The quantitative estimate of drug-likeness (QED) is 0.608. The molecule has 0 saturated carbocycles. The van der Waals surface area contributed by atoms with Gasteiger partial charge in [-0.25, -0.2) is 8.42 Å². The van der Waals surface area contributed by atoms with Crippen LogP contribution >= 0.6 is 11.6 Å². The Hall–Kier alpha value is -0.300. The van der Waals surface area contributed by atoms with E-state index in [4.69, 9.17) is 0 Å². The first-order valence-corrected chi connectivity index (χ1v) is 4.38. The Bertz CT molecular complexity index is 267. The fourth-order valence-corrected chi connectivity index (χ4v) is 0.968. The molecule has 66 valence electrons. The molecule has 0 aromatic heterocycles. The average Bonchev–Trinajstić information content (AvgIpc) is 1.56. The normalized spacial score (nSPS) is 15.2. The van der Waals surface area contributed by atoms with Gasteiger partial charge >= 0.3 is 6.18 Å². The highest BCUT2D eigenvalue weighted by Crippen LogP contribution is 2.20. The van der Waals surface area contributed by atoms with Gasteiger partial charge in [-0.15, -0.1) is 4.40 Å². The molecule has 0 aromatic carbocycles. The Morgan fingerprint density at radius 2 is 1.82 bits per heavy atom. The van der Waals surface area contributed by atoms with Crippen molar-refractivity contribution in [2.24, 2.45) is 4.40 Å². The van der Waals surface area contributed by atoms with Gasteiger partial charge in [0, 0.05) is 0 Å². The zero-order chi connectivity index (χ0) is 9.28. The van der Waals surface area contributed by atoms with Gasteiger partial charge in [0.15, 0.2) is 0 Å². The third-order valence-corrected chi connectivity index (χ3v) is 1.39. The van der Waals surface area contributed by atoms with Crippen LogP contribution in [0.2, 0.25) is 0 Å². The third kappa shape index (κ3) is 5.02. The molecule has 0 aliphatic rings. The summed E-state index contributed by atoms with van der Waals surface area (Å²) in [5.74, 6) is 0. The summed E-state index contributed by atoms with van der Waals surface area (Å²) in [5.41, 5.74) is 0. The molecular weight excluding hydrogens is 207 g/mol. The molecule has 0 heterocycles. The lowest BCUT2D eigenvalue weighted by Gasteiger charge is -2.00. The standard InChI is InChI=1S/C3H3ClF3NO2S/c1-11(9,10)8-2(4)3(5,6)7/h1H3/b8-2-. The van der Waals surface area contributed by atoms with Gasteiger partial charge in [0.05, 0.1) is 6.26 Å². The van der Waals surface area contributed by atoms with Crippen molar-refractivity contribution >= 4 is 26.8 Å². The lowest BCUT2D eigenvalue weighted by atomic mass is 10.7. The monoisotopic (exact) mass is 209 g/mol. The van der Waals surface area contributed by atoms with Crippen molar-refractivity contribution < 1.29 is 21.6 Å². The van der Waals surface area contributed by atoms with Crippen molar-refractivity contribution in [1.29, 1.82) is 0 Å². The minimum Gasteiger partial charge on any atom is -0.205 e. The average molecular weight is 210 g/mol. The third-order valence-electron chi connectivity index (χ3n) is 0.480. The minimum absolute atomic E-state index is 0.515. The fraction of sp³-hybridized carbons (Fsp3) is 0.667. The smallest absolute Gasteiger partial charge is 0.205 e. The summed E-state index contributed by atoms with van der Waals surface area (Å²) in [6, 6.07) is 0. The van der Waals surface area contributed by atoms with Crippen molar-refractivity contribution in [3.8, 4) is 0 Å². The topological polar surface area (TPSA) is 46.5 Å². The first kappa shape index (κ1) is 10.7. The molecule has 0 atom stereocenters. The van der Waals surface area contributed by atoms with Gasteiger partial charge in [0.25, 0.3) is 10.0 Å². The summed E-state index contributed by atoms with van der Waals surface area (Å²) in [4.78, 5) is 0. The number of alkyl halides is 3. The summed E-state index contributed by atoms with van der Waals surface area (Å²) in [6.45, 7) is 0. The molecular formula is C3H3ClF3NO2S. The molecule has 0 unspecified atom stereocenters. The van der Waals surface area contributed by atoms with Crippen LogP contribution in [-0.2, 0) is 10.0 Å². The zero-order valence-corrected chi connectivity index (χ0v) is 6.76. The summed E-state index contributed by atoms with van der Waals surface area (Å²) in [7, 11) is -4.07. The van der Waals surface area contributed by atoms with E-state index in [1.807, 2.05) is 0 Å². The van der Waals surface area contributed by atoms with E-state index in [2.05, 4.69) is 16.0 Å². The van der Waals surface area contributed by atoms with Crippen molar-refractivity contribution in [1.82, 2.24) is 0 Å². The number of halogens is 4. The SMILES string of the molecule is CS(=O)(=O)/N=C(\Cl)C(F)(F)F. The zero-order valence-electron chi connectivity index (χ0n) is 5.18. The van der Waals surface area contributed by atoms with E-state index in [9.17, 15) is 21.6 Å². The van der Waals surface area contributed by atoms with Gasteiger partial charge in [0.2, 0.25) is 5.17 Å². The van der Waals surface area contributed by atoms with E-state index in [1.54, 1.807) is 0 Å². The first-order chi connectivity index (χ1) is 4.63. The second-order valence-electron chi connectivity index (χ2n) is 1.61. The molecule has 8 heteroatoms. The molecule has 0 rings (SSSR count). The predicted molar refractivity (Wildman–Crippen MR) is 34.2 cm³/mol. The van der Waals surface area contributed by atoms with Crippen molar-refractivity contribution in [3.05, 3.63) is 0 Å². The van der Waals surface area contributed by atoms with E-state index < -0.39 is 21.4 Å². The summed E-state index contributed by atoms with van der Waals surface area (Å²) in [5, 5.41) is -1.89. The lowest BCUT2D eigenvalue weighted by Crippen LogP contribution is -2.18. The van der Waals surface area contributed by atoms with Gasteiger partial charge in [-0.2, -0.15) is 13.2 Å². The van der Waals surface area contributed by atoms with Crippen LogP contribution in [0.25, 0.3) is 0 Å². The van der Waals surface area contributed by atoms with Crippen LogP contribution in [0.4, 0.5) is 13.2 Å². The van der Waals surface area contributed by atoms with Crippen LogP contribution in [0, 0.1) is 0 Å². The van der Waals surface area contributed by atoms with Crippen molar-refractivity contribution in [3.63, 3.8) is 0 Å². The van der Waals surface area contributed by atoms with Crippen LogP contribution in [0.1, 0.15) is 0 Å². The minimum atomic E-state index is -4.90. The molecule has 11 heavy (non-hydrogen) atoms. The van der Waals surface area contributed by atoms with Crippen LogP contribution in [-0.4, -0.2) is 26.0 Å². The Kier molecular flexibility index (Phi) is 2.90. The largest absolute Gasteiger partial charge is 0.445 e. The molecule has 0 amide bonds. The Morgan fingerprint density at radius 1 is 1.45 bits per heavy atom. The number of nitrogens with zero attached hydrogens (tertiary/aromatic N) is 1. The first-order valence-electron chi connectivity index (χ1n) is 2.15. The van der Waals surface area contributed by atoms with Crippen LogP contribution < -0.4 is 0 Å². The highest BCUT2D eigenvalue weighted by atomic mass is 35.5. The Balaban J connectivity index is 4.78. The van der Waals surface area contributed by atoms with E-state index in [-0.39, 0.29) is 0 Å². The molecule has 0 N–H and O–H groups in total. The molecule has 0 saturated heterocycles. The Morgan fingerprint density at radius 3 is 1.91 bits per heavy atom. The van der Waals surface area contributed by atoms with E-state index in [0.717, 1.165) is 0 Å². The highest BCUT2D eigenvalue weighted by molar-refractivity contribution is 7.89. The van der Waals surface area contributed by atoms with Gasteiger partial charge in [-0.1, -0.05) is 11.6 Å². The second-order valence-corrected chi connectivity index (χ2v) is 3.62. The van der Waals surface area contributed by atoms with Gasteiger partial charge in [0.1, 0.15) is 0 Å². The van der Waals surface area contributed by atoms with Gasteiger partial charge in [-0.3, -0.25) is 0 Å². The highest BCUT2D eigenvalue weighted by Gasteiger charge is 2.35. The molecule has 0 radical (unpaired) electrons. The summed E-state index contributed by atoms with van der Waals surface area (Å²) < 4.78 is 56.8. The fourth-order valence-electron chi connectivity index (χ4n) is 0.197. The number of hydrogen-bond donors (Lipinski definition) is 0. The van der Waals surface area contributed by atoms with Crippen LogP contribution in [0.3, 0.4) is 0 Å². The maximum atomic E-state index is 11.5. The maximum absolute atomic E-state index is 11.5. The van der Waals surface area contributed by atoms with Crippen LogP contribution in [0.5, 0.6) is 0 Å². The molecule has 0 aromatic rings. The molecule has 0 aliphatic carbocycles. The molecule has 0 aliphatic heterocycles. The van der Waals surface area contributed by atoms with Gasteiger partial charge < -0.3 is 0 Å².